The predicted molar refractivity (Wildman–Crippen MR) is 95.2 cm³/mol. The first-order chi connectivity index (χ1) is 12.0. The molecular weight excluding hydrogens is 320 g/mol. The average Bonchev–Trinajstić information content (AvgIpc) is 3.21. The minimum atomic E-state index is -0.513. The van der Waals surface area contributed by atoms with E-state index in [9.17, 15) is 9.90 Å². The lowest BCUT2D eigenvalue weighted by atomic mass is 10.2. The van der Waals surface area contributed by atoms with E-state index < -0.39 is 6.10 Å². The maximum Gasteiger partial charge on any atom is 0.240 e. The lowest BCUT2D eigenvalue weighted by molar-refractivity contribution is -0.122. The van der Waals surface area contributed by atoms with Crippen molar-refractivity contribution in [1.29, 1.82) is 0 Å². The maximum atomic E-state index is 12.5. The van der Waals surface area contributed by atoms with E-state index in [1.165, 1.54) is 0 Å². The number of fused-ring (bicyclic) bond motifs is 1. The van der Waals surface area contributed by atoms with Crippen LogP contribution in [0.1, 0.15) is 25.6 Å². The molecule has 0 aliphatic carbocycles. The third kappa shape index (κ3) is 4.00. The summed E-state index contributed by atoms with van der Waals surface area (Å²) in [6, 6.07) is 11.0. The van der Waals surface area contributed by atoms with Crippen LogP contribution in [0.25, 0.3) is 11.0 Å². The SMILES string of the molecule is CC(O)CNc1nc2ccccc2n1CC(=O)NC(C)c1ccco1. The number of benzene rings is 1. The topological polar surface area (TPSA) is 92.3 Å². The summed E-state index contributed by atoms with van der Waals surface area (Å²) in [7, 11) is 0. The smallest absolute Gasteiger partial charge is 0.240 e. The van der Waals surface area contributed by atoms with Crippen LogP contribution in [0.15, 0.2) is 47.1 Å². The van der Waals surface area contributed by atoms with E-state index in [1.54, 1.807) is 19.3 Å². The molecule has 2 aromatic heterocycles. The fourth-order valence-electron chi connectivity index (χ4n) is 2.65. The first-order valence-corrected chi connectivity index (χ1v) is 8.24. The molecule has 0 saturated heterocycles. The van der Waals surface area contributed by atoms with Crippen molar-refractivity contribution in [1.82, 2.24) is 14.9 Å². The van der Waals surface area contributed by atoms with Crippen LogP contribution in [-0.4, -0.2) is 33.2 Å². The third-order valence-corrected chi connectivity index (χ3v) is 3.86. The number of nitrogens with one attached hydrogen (secondary N) is 2. The van der Waals surface area contributed by atoms with Crippen molar-refractivity contribution >= 4 is 22.9 Å². The van der Waals surface area contributed by atoms with Gasteiger partial charge < -0.3 is 24.7 Å². The Kier molecular flexibility index (Phi) is 5.04. The molecule has 3 N–H and O–H groups in total. The zero-order chi connectivity index (χ0) is 17.8. The van der Waals surface area contributed by atoms with Gasteiger partial charge in [-0.2, -0.15) is 0 Å². The van der Waals surface area contributed by atoms with Gasteiger partial charge >= 0.3 is 0 Å². The van der Waals surface area contributed by atoms with Crippen molar-refractivity contribution in [3.05, 3.63) is 48.4 Å². The number of carbonyl (C=O) groups excluding carboxylic acids is 1. The molecule has 7 heteroatoms. The quantitative estimate of drug-likeness (QED) is 0.613. The van der Waals surface area contributed by atoms with E-state index in [0.29, 0.717) is 18.3 Å². The zero-order valence-electron chi connectivity index (χ0n) is 14.3. The van der Waals surface area contributed by atoms with Crippen molar-refractivity contribution in [2.45, 2.75) is 32.5 Å². The van der Waals surface area contributed by atoms with Gasteiger partial charge in [-0.25, -0.2) is 4.98 Å². The largest absolute Gasteiger partial charge is 0.467 e. The molecule has 2 atom stereocenters. The zero-order valence-corrected chi connectivity index (χ0v) is 14.3. The molecule has 0 spiro atoms. The highest BCUT2D eigenvalue weighted by Crippen LogP contribution is 2.20. The second-order valence-electron chi connectivity index (χ2n) is 6.04. The van der Waals surface area contributed by atoms with Crippen molar-refractivity contribution in [2.24, 2.45) is 0 Å². The monoisotopic (exact) mass is 342 g/mol. The van der Waals surface area contributed by atoms with Gasteiger partial charge in [0.15, 0.2) is 0 Å². The van der Waals surface area contributed by atoms with Crippen LogP contribution in [0, 0.1) is 0 Å². The Balaban J connectivity index is 1.79. The van der Waals surface area contributed by atoms with Crippen LogP contribution in [0.5, 0.6) is 0 Å². The Morgan fingerprint density at radius 1 is 1.28 bits per heavy atom. The molecular formula is C18H22N4O3. The number of imidazole rings is 1. The lowest BCUT2D eigenvalue weighted by Gasteiger charge is -2.14. The molecule has 25 heavy (non-hydrogen) atoms. The number of aliphatic hydroxyl groups excluding tert-OH is 1. The van der Waals surface area contributed by atoms with Gasteiger partial charge in [0.2, 0.25) is 11.9 Å². The Bertz CT molecular complexity index is 839. The van der Waals surface area contributed by atoms with Gasteiger partial charge in [0, 0.05) is 6.54 Å². The van der Waals surface area contributed by atoms with Crippen LogP contribution in [0.4, 0.5) is 5.95 Å². The lowest BCUT2D eigenvalue weighted by Crippen LogP contribution is -2.30. The van der Waals surface area contributed by atoms with E-state index in [2.05, 4.69) is 15.6 Å². The number of aromatic nitrogens is 2. The van der Waals surface area contributed by atoms with Gasteiger partial charge in [-0.1, -0.05) is 12.1 Å². The number of furan rings is 1. The van der Waals surface area contributed by atoms with Crippen LogP contribution >= 0.6 is 0 Å². The first-order valence-electron chi connectivity index (χ1n) is 8.24. The molecule has 1 aromatic carbocycles. The van der Waals surface area contributed by atoms with Crippen molar-refractivity contribution in [2.75, 3.05) is 11.9 Å². The van der Waals surface area contributed by atoms with Crippen LogP contribution in [0.2, 0.25) is 0 Å². The summed E-state index contributed by atoms with van der Waals surface area (Å²) in [6.07, 6.45) is 1.07. The number of anilines is 1. The van der Waals surface area contributed by atoms with Crippen LogP contribution in [-0.2, 0) is 11.3 Å². The highest BCUT2D eigenvalue weighted by molar-refractivity contribution is 5.83. The number of hydrogen-bond acceptors (Lipinski definition) is 5. The van der Waals surface area contributed by atoms with Gasteiger partial charge in [-0.3, -0.25) is 4.79 Å². The molecule has 0 radical (unpaired) electrons. The molecule has 2 unspecified atom stereocenters. The van der Waals surface area contributed by atoms with Gasteiger partial charge in [-0.05, 0) is 38.1 Å². The number of nitrogens with zero attached hydrogens (tertiary/aromatic N) is 2. The van der Waals surface area contributed by atoms with E-state index in [-0.39, 0.29) is 18.5 Å². The molecule has 7 nitrogen and oxygen atoms in total. The van der Waals surface area contributed by atoms with Crippen LogP contribution < -0.4 is 10.6 Å². The van der Waals surface area contributed by atoms with E-state index >= 15 is 0 Å². The summed E-state index contributed by atoms with van der Waals surface area (Å²) in [5, 5.41) is 15.5. The van der Waals surface area contributed by atoms with E-state index in [4.69, 9.17) is 4.42 Å². The second kappa shape index (κ2) is 7.40. The predicted octanol–water partition coefficient (Wildman–Crippen LogP) is 2.30. The Morgan fingerprint density at radius 2 is 2.08 bits per heavy atom. The molecule has 3 rings (SSSR count). The van der Waals surface area contributed by atoms with Gasteiger partial charge in [0.05, 0.1) is 29.4 Å². The van der Waals surface area contributed by atoms with Crippen molar-refractivity contribution < 1.29 is 14.3 Å². The molecule has 0 aliphatic heterocycles. The number of amides is 1. The van der Waals surface area contributed by atoms with Gasteiger partial charge in [-0.15, -0.1) is 0 Å². The minimum absolute atomic E-state index is 0.119. The summed E-state index contributed by atoms with van der Waals surface area (Å²) in [4.78, 5) is 17.0. The number of para-hydroxylation sites is 2. The normalized spacial score (nSPS) is 13.6. The molecule has 1 amide bonds. The summed E-state index contributed by atoms with van der Waals surface area (Å²) in [6.45, 7) is 4.04. The number of rotatable bonds is 7. The summed E-state index contributed by atoms with van der Waals surface area (Å²) in [5.41, 5.74) is 1.65. The average molecular weight is 342 g/mol. The highest BCUT2D eigenvalue weighted by Gasteiger charge is 2.16. The summed E-state index contributed by atoms with van der Waals surface area (Å²) < 4.78 is 7.12. The second-order valence-corrected chi connectivity index (χ2v) is 6.04. The Hall–Kier alpha value is -2.80. The molecule has 3 aromatic rings. The standard InChI is InChI=1S/C18H22N4O3/c1-12(23)10-19-18-21-14-6-3-4-7-15(14)22(18)11-17(24)20-13(2)16-8-5-9-25-16/h3-9,12-13,23H,10-11H2,1-2H3,(H,19,21)(H,20,24). The minimum Gasteiger partial charge on any atom is -0.467 e. The highest BCUT2D eigenvalue weighted by atomic mass is 16.3. The fraction of sp³-hybridized carbons (Fsp3) is 0.333. The number of aliphatic hydroxyl groups is 1. The van der Waals surface area contributed by atoms with Crippen molar-refractivity contribution in [3.8, 4) is 0 Å². The maximum absolute atomic E-state index is 12.5. The van der Waals surface area contributed by atoms with Crippen LogP contribution in [0.3, 0.4) is 0 Å². The first kappa shape index (κ1) is 17.0. The molecule has 0 bridgehead atoms. The summed E-state index contributed by atoms with van der Waals surface area (Å²) in [5.74, 6) is 1.12. The molecule has 0 saturated carbocycles. The van der Waals surface area contributed by atoms with Gasteiger partial charge in [0.25, 0.3) is 0 Å². The molecule has 2 heterocycles. The summed E-state index contributed by atoms with van der Waals surface area (Å²) >= 11 is 0. The number of carbonyl (C=O) groups is 1. The molecule has 0 fully saturated rings. The third-order valence-electron chi connectivity index (χ3n) is 3.86. The fourth-order valence-corrected chi connectivity index (χ4v) is 2.65. The van der Waals surface area contributed by atoms with Gasteiger partial charge in [0.1, 0.15) is 12.3 Å². The Morgan fingerprint density at radius 3 is 2.80 bits per heavy atom. The van der Waals surface area contributed by atoms with E-state index in [0.717, 1.165) is 11.0 Å². The van der Waals surface area contributed by atoms with E-state index in [1.807, 2.05) is 41.8 Å². The molecule has 0 aliphatic rings. The Labute approximate surface area is 145 Å². The number of hydrogen-bond donors (Lipinski definition) is 3. The molecule has 132 valence electrons. The van der Waals surface area contributed by atoms with Crippen molar-refractivity contribution in [3.63, 3.8) is 0 Å².